The highest BCUT2D eigenvalue weighted by Crippen LogP contribution is 2.33. The third-order valence-corrected chi connectivity index (χ3v) is 5.23. The molecule has 1 aliphatic carbocycles. The van der Waals surface area contributed by atoms with Gasteiger partial charge >= 0.3 is 0 Å². The van der Waals surface area contributed by atoms with Gasteiger partial charge in [0, 0.05) is 10.5 Å². The summed E-state index contributed by atoms with van der Waals surface area (Å²) in [7, 11) is 0. The van der Waals surface area contributed by atoms with Crippen molar-refractivity contribution in [3.05, 3.63) is 28.7 Å². The summed E-state index contributed by atoms with van der Waals surface area (Å²) in [6.07, 6.45) is 6.55. The Kier molecular flexibility index (Phi) is 7.05. The Morgan fingerprint density at radius 3 is 2.62 bits per heavy atom. The van der Waals surface area contributed by atoms with Crippen molar-refractivity contribution in [2.45, 2.75) is 52.0 Å². The van der Waals surface area contributed by atoms with E-state index in [9.17, 15) is 0 Å². The topological polar surface area (TPSA) is 21.3 Å². The molecule has 0 aliphatic heterocycles. The highest BCUT2D eigenvalue weighted by molar-refractivity contribution is 9.10. The molecule has 0 aromatic heterocycles. The van der Waals surface area contributed by atoms with Crippen LogP contribution in [0, 0.1) is 11.8 Å². The van der Waals surface area contributed by atoms with Crippen LogP contribution in [0.2, 0.25) is 0 Å². The van der Waals surface area contributed by atoms with Gasteiger partial charge in [0.25, 0.3) is 0 Å². The van der Waals surface area contributed by atoms with Gasteiger partial charge in [0.2, 0.25) is 0 Å². The Hall–Kier alpha value is -0.540. The zero-order valence-corrected chi connectivity index (χ0v) is 14.9. The standard InChI is InChI=1S/C18H28BrNO/c1-3-14-5-10-18(20-4-2)15(13-14)11-12-21-17-8-6-16(19)7-9-17/h6-9,14-15,18,20H,3-5,10-13H2,1-2H3. The molecule has 1 fully saturated rings. The smallest absolute Gasteiger partial charge is 0.119 e. The van der Waals surface area contributed by atoms with Crippen molar-refractivity contribution >= 4 is 15.9 Å². The predicted octanol–water partition coefficient (Wildman–Crippen LogP) is 5.02. The van der Waals surface area contributed by atoms with Crippen LogP contribution in [-0.4, -0.2) is 19.2 Å². The Morgan fingerprint density at radius 2 is 1.95 bits per heavy atom. The van der Waals surface area contributed by atoms with Crippen molar-refractivity contribution < 1.29 is 4.74 Å². The van der Waals surface area contributed by atoms with E-state index < -0.39 is 0 Å². The van der Waals surface area contributed by atoms with Crippen molar-refractivity contribution in [2.24, 2.45) is 11.8 Å². The van der Waals surface area contributed by atoms with Crippen LogP contribution in [0.5, 0.6) is 5.75 Å². The number of nitrogens with one attached hydrogen (secondary N) is 1. The van der Waals surface area contributed by atoms with Crippen LogP contribution < -0.4 is 10.1 Å². The summed E-state index contributed by atoms with van der Waals surface area (Å²) in [4.78, 5) is 0. The molecule has 0 bridgehead atoms. The van der Waals surface area contributed by atoms with Gasteiger partial charge in [0.15, 0.2) is 0 Å². The van der Waals surface area contributed by atoms with Crippen molar-refractivity contribution in [2.75, 3.05) is 13.2 Å². The molecule has 1 saturated carbocycles. The molecule has 0 heterocycles. The van der Waals surface area contributed by atoms with Crippen molar-refractivity contribution in [3.8, 4) is 5.75 Å². The molecule has 118 valence electrons. The Morgan fingerprint density at radius 1 is 1.19 bits per heavy atom. The van der Waals surface area contributed by atoms with E-state index in [1.54, 1.807) is 0 Å². The predicted molar refractivity (Wildman–Crippen MR) is 92.8 cm³/mol. The molecule has 0 amide bonds. The second-order valence-corrected chi connectivity index (χ2v) is 7.02. The normalized spacial score (nSPS) is 25.8. The lowest BCUT2D eigenvalue weighted by Gasteiger charge is -2.36. The first-order chi connectivity index (χ1) is 10.2. The molecule has 0 radical (unpaired) electrons. The molecule has 1 aromatic carbocycles. The van der Waals surface area contributed by atoms with E-state index in [2.05, 4.69) is 35.1 Å². The molecule has 3 atom stereocenters. The van der Waals surface area contributed by atoms with E-state index in [1.807, 2.05) is 24.3 Å². The molecule has 1 N–H and O–H groups in total. The number of halogens is 1. The number of rotatable bonds is 7. The average molecular weight is 354 g/mol. The van der Waals surface area contributed by atoms with Gasteiger partial charge in [0.1, 0.15) is 5.75 Å². The number of hydrogen-bond acceptors (Lipinski definition) is 2. The maximum atomic E-state index is 5.91. The van der Waals surface area contributed by atoms with Crippen molar-refractivity contribution in [1.82, 2.24) is 5.32 Å². The maximum Gasteiger partial charge on any atom is 0.119 e. The van der Waals surface area contributed by atoms with E-state index >= 15 is 0 Å². The number of benzene rings is 1. The Bertz CT molecular complexity index is 406. The first-order valence-corrected chi connectivity index (χ1v) is 9.14. The zero-order valence-electron chi connectivity index (χ0n) is 13.3. The van der Waals surface area contributed by atoms with Gasteiger partial charge in [-0.15, -0.1) is 0 Å². The highest BCUT2D eigenvalue weighted by Gasteiger charge is 2.28. The van der Waals surface area contributed by atoms with E-state index in [-0.39, 0.29) is 0 Å². The number of ether oxygens (including phenoxy) is 1. The van der Waals surface area contributed by atoms with Crippen LogP contribution in [0.25, 0.3) is 0 Å². The summed E-state index contributed by atoms with van der Waals surface area (Å²) in [5.41, 5.74) is 0. The van der Waals surface area contributed by atoms with E-state index in [0.29, 0.717) is 6.04 Å². The lowest BCUT2D eigenvalue weighted by molar-refractivity contribution is 0.165. The second kappa shape index (κ2) is 8.79. The van der Waals surface area contributed by atoms with E-state index in [1.165, 1.54) is 25.7 Å². The van der Waals surface area contributed by atoms with Crippen molar-refractivity contribution in [3.63, 3.8) is 0 Å². The monoisotopic (exact) mass is 353 g/mol. The van der Waals surface area contributed by atoms with Gasteiger partial charge in [-0.1, -0.05) is 36.2 Å². The third-order valence-electron chi connectivity index (χ3n) is 4.71. The van der Waals surface area contributed by atoms with Crippen LogP contribution in [0.15, 0.2) is 28.7 Å². The lowest BCUT2D eigenvalue weighted by atomic mass is 9.75. The largest absolute Gasteiger partial charge is 0.494 e. The molecule has 1 aromatic rings. The van der Waals surface area contributed by atoms with Gasteiger partial charge < -0.3 is 10.1 Å². The van der Waals surface area contributed by atoms with Gasteiger partial charge in [-0.05, 0) is 68.3 Å². The minimum atomic E-state index is 0.686. The molecule has 0 spiro atoms. The molecule has 0 saturated heterocycles. The highest BCUT2D eigenvalue weighted by atomic mass is 79.9. The molecule has 21 heavy (non-hydrogen) atoms. The fourth-order valence-electron chi connectivity index (χ4n) is 3.44. The van der Waals surface area contributed by atoms with E-state index in [4.69, 9.17) is 4.74 Å². The molecule has 3 heteroatoms. The Balaban J connectivity index is 1.81. The minimum absolute atomic E-state index is 0.686. The van der Waals surface area contributed by atoms with E-state index in [0.717, 1.165) is 41.6 Å². The van der Waals surface area contributed by atoms with Gasteiger partial charge in [-0.2, -0.15) is 0 Å². The summed E-state index contributed by atoms with van der Waals surface area (Å²) in [6.45, 7) is 6.44. The minimum Gasteiger partial charge on any atom is -0.494 e. The maximum absolute atomic E-state index is 5.91. The van der Waals surface area contributed by atoms with Crippen molar-refractivity contribution in [1.29, 1.82) is 0 Å². The summed E-state index contributed by atoms with van der Waals surface area (Å²) >= 11 is 3.45. The fraction of sp³-hybridized carbons (Fsp3) is 0.667. The molecule has 3 unspecified atom stereocenters. The van der Waals surface area contributed by atoms with Gasteiger partial charge in [-0.25, -0.2) is 0 Å². The van der Waals surface area contributed by atoms with Crippen LogP contribution in [0.4, 0.5) is 0 Å². The average Bonchev–Trinajstić information content (AvgIpc) is 2.51. The molecular formula is C18H28BrNO. The van der Waals surface area contributed by atoms with Crippen LogP contribution in [0.3, 0.4) is 0 Å². The molecular weight excluding hydrogens is 326 g/mol. The summed E-state index contributed by atoms with van der Waals surface area (Å²) in [5.74, 6) is 2.65. The summed E-state index contributed by atoms with van der Waals surface area (Å²) < 4.78 is 7.01. The van der Waals surface area contributed by atoms with Gasteiger partial charge in [-0.3, -0.25) is 0 Å². The molecule has 1 aliphatic rings. The molecule has 2 nitrogen and oxygen atoms in total. The summed E-state index contributed by atoms with van der Waals surface area (Å²) in [5, 5.41) is 3.67. The zero-order chi connectivity index (χ0) is 15.1. The first kappa shape index (κ1) is 16.8. The third kappa shape index (κ3) is 5.30. The number of hydrogen-bond donors (Lipinski definition) is 1. The summed E-state index contributed by atoms with van der Waals surface area (Å²) in [6, 6.07) is 8.81. The quantitative estimate of drug-likeness (QED) is 0.742. The molecule has 2 rings (SSSR count). The van der Waals surface area contributed by atoms with Crippen LogP contribution >= 0.6 is 15.9 Å². The van der Waals surface area contributed by atoms with Crippen LogP contribution in [0.1, 0.15) is 46.0 Å². The SMILES string of the molecule is CCNC1CCC(CC)CC1CCOc1ccc(Br)cc1. The lowest BCUT2D eigenvalue weighted by Crippen LogP contribution is -2.41. The van der Waals surface area contributed by atoms with Crippen LogP contribution in [-0.2, 0) is 0 Å². The second-order valence-electron chi connectivity index (χ2n) is 6.10. The fourth-order valence-corrected chi connectivity index (χ4v) is 3.71. The Labute approximate surface area is 137 Å². The van der Waals surface area contributed by atoms with Gasteiger partial charge in [0.05, 0.1) is 6.61 Å². The first-order valence-electron chi connectivity index (χ1n) is 8.34.